The summed E-state index contributed by atoms with van der Waals surface area (Å²) in [7, 11) is 0. The Bertz CT molecular complexity index is 344. The first-order chi connectivity index (χ1) is 6.79. The quantitative estimate of drug-likeness (QED) is 0.649. The molecule has 0 aliphatic carbocycles. The van der Waals surface area contributed by atoms with Gasteiger partial charge in [0.05, 0.1) is 11.6 Å². The monoisotopic (exact) mass is 190 g/mol. The van der Waals surface area contributed by atoms with Crippen LogP contribution in [0.25, 0.3) is 0 Å². The van der Waals surface area contributed by atoms with Gasteiger partial charge < -0.3 is 4.90 Å². The molecule has 1 rings (SSSR count). The number of carbonyl (C=O) groups excluding carboxylic acids is 1. The van der Waals surface area contributed by atoms with Crippen LogP contribution in [0.3, 0.4) is 0 Å². The number of hydrogen-bond acceptors (Lipinski definition) is 4. The van der Waals surface area contributed by atoms with Crippen LogP contribution in [0.2, 0.25) is 0 Å². The first-order valence-corrected chi connectivity index (χ1v) is 4.20. The van der Waals surface area contributed by atoms with Crippen LogP contribution in [-0.2, 0) is 0 Å². The average Bonchev–Trinajstić information content (AvgIpc) is 2.26. The van der Waals surface area contributed by atoms with E-state index in [2.05, 4.69) is 9.97 Å². The number of aromatic nitrogens is 2. The van der Waals surface area contributed by atoms with Crippen molar-refractivity contribution in [2.24, 2.45) is 0 Å². The summed E-state index contributed by atoms with van der Waals surface area (Å²) in [4.78, 5) is 20.6. The molecule has 0 unspecified atom stereocenters. The Balaban J connectivity index is 2.79. The summed E-state index contributed by atoms with van der Waals surface area (Å²) in [5.74, 6) is -0.213. The molecule has 0 atom stereocenters. The van der Waals surface area contributed by atoms with Crippen molar-refractivity contribution in [3.63, 3.8) is 0 Å². The first-order valence-electron chi connectivity index (χ1n) is 4.20. The van der Waals surface area contributed by atoms with Crippen LogP contribution in [0.5, 0.6) is 0 Å². The zero-order valence-corrected chi connectivity index (χ0v) is 7.84. The number of hydrogen-bond donors (Lipinski definition) is 0. The summed E-state index contributed by atoms with van der Waals surface area (Å²) in [6.07, 6.45) is 4.24. The van der Waals surface area contributed by atoms with Gasteiger partial charge in [-0.3, -0.25) is 4.79 Å². The number of carbonyl (C=O) groups is 1. The van der Waals surface area contributed by atoms with E-state index in [0.717, 1.165) is 0 Å². The Hall–Kier alpha value is -1.96. The summed E-state index contributed by atoms with van der Waals surface area (Å²) in [6, 6.07) is 1.93. The van der Waals surface area contributed by atoms with Gasteiger partial charge in [0.1, 0.15) is 12.9 Å². The van der Waals surface area contributed by atoms with E-state index in [0.29, 0.717) is 12.1 Å². The highest BCUT2D eigenvalue weighted by molar-refractivity contribution is 5.93. The van der Waals surface area contributed by atoms with Gasteiger partial charge in [0, 0.05) is 18.9 Å². The highest BCUT2D eigenvalue weighted by Crippen LogP contribution is 2.00. The lowest BCUT2D eigenvalue weighted by Gasteiger charge is -2.16. The summed E-state index contributed by atoms with van der Waals surface area (Å²) >= 11 is 0. The number of nitriles is 1. The third-order valence-electron chi connectivity index (χ3n) is 1.74. The van der Waals surface area contributed by atoms with Crippen LogP contribution in [0.1, 0.15) is 17.3 Å². The van der Waals surface area contributed by atoms with Crippen molar-refractivity contribution in [2.45, 2.75) is 6.92 Å². The second-order valence-electron chi connectivity index (χ2n) is 2.60. The molecule has 0 N–H and O–H groups in total. The van der Waals surface area contributed by atoms with Gasteiger partial charge in [-0.1, -0.05) is 0 Å². The molecular formula is C9H10N4O. The molecule has 0 radical (unpaired) electrons. The first kappa shape index (κ1) is 10.1. The Labute approximate surface area is 82.0 Å². The lowest BCUT2D eigenvalue weighted by atomic mass is 10.3. The second-order valence-corrected chi connectivity index (χ2v) is 2.60. The highest BCUT2D eigenvalue weighted by atomic mass is 16.2. The number of amides is 1. The van der Waals surface area contributed by atoms with Crippen molar-refractivity contribution in [3.05, 3.63) is 24.3 Å². The Morgan fingerprint density at radius 3 is 2.71 bits per heavy atom. The minimum Gasteiger partial charge on any atom is -0.326 e. The number of rotatable bonds is 3. The Morgan fingerprint density at radius 1 is 1.57 bits per heavy atom. The van der Waals surface area contributed by atoms with E-state index >= 15 is 0 Å². The molecule has 1 amide bonds. The molecule has 0 aliphatic heterocycles. The minimum absolute atomic E-state index is 0.0875. The van der Waals surface area contributed by atoms with Crippen molar-refractivity contribution in [2.75, 3.05) is 13.1 Å². The third-order valence-corrected chi connectivity index (χ3v) is 1.74. The van der Waals surface area contributed by atoms with Crippen molar-refractivity contribution in [1.82, 2.24) is 14.9 Å². The molecule has 72 valence electrons. The molecule has 5 heteroatoms. The van der Waals surface area contributed by atoms with Crippen LogP contribution in [0.15, 0.2) is 18.7 Å². The van der Waals surface area contributed by atoms with Gasteiger partial charge in [0.2, 0.25) is 0 Å². The van der Waals surface area contributed by atoms with Crippen LogP contribution in [-0.4, -0.2) is 33.9 Å². The molecule has 0 aliphatic rings. The fraction of sp³-hybridized carbons (Fsp3) is 0.333. The predicted octanol–water partition coefficient (Wildman–Crippen LogP) is 0.462. The normalized spacial score (nSPS) is 9.14. The molecule has 0 bridgehead atoms. The summed E-state index contributed by atoms with van der Waals surface area (Å²) in [5.41, 5.74) is 0.407. The summed E-state index contributed by atoms with van der Waals surface area (Å²) in [5, 5.41) is 8.49. The lowest BCUT2D eigenvalue weighted by molar-refractivity contribution is 0.0783. The molecule has 0 saturated carbocycles. The van der Waals surface area contributed by atoms with Crippen LogP contribution < -0.4 is 0 Å². The SMILES string of the molecule is CCN(CC#N)C(=O)c1cncnc1. The fourth-order valence-corrected chi connectivity index (χ4v) is 1.00. The van der Waals surface area contributed by atoms with Gasteiger partial charge in [-0.2, -0.15) is 5.26 Å². The highest BCUT2D eigenvalue weighted by Gasteiger charge is 2.13. The van der Waals surface area contributed by atoms with E-state index in [1.54, 1.807) is 0 Å². The largest absolute Gasteiger partial charge is 0.326 e. The average molecular weight is 190 g/mol. The van der Waals surface area contributed by atoms with E-state index in [1.807, 2.05) is 13.0 Å². The maximum Gasteiger partial charge on any atom is 0.257 e. The zero-order valence-electron chi connectivity index (χ0n) is 7.84. The molecule has 0 spiro atoms. The smallest absolute Gasteiger partial charge is 0.257 e. The van der Waals surface area contributed by atoms with Gasteiger partial charge in [0.25, 0.3) is 5.91 Å². The maximum atomic E-state index is 11.7. The van der Waals surface area contributed by atoms with Crippen molar-refractivity contribution in [1.29, 1.82) is 5.26 Å². The van der Waals surface area contributed by atoms with Gasteiger partial charge in [-0.05, 0) is 6.92 Å². The van der Waals surface area contributed by atoms with Crippen molar-refractivity contribution in [3.8, 4) is 6.07 Å². The number of nitrogens with zero attached hydrogens (tertiary/aromatic N) is 4. The Morgan fingerprint density at radius 2 is 2.21 bits per heavy atom. The van der Waals surface area contributed by atoms with Crippen LogP contribution >= 0.6 is 0 Å². The molecule has 1 heterocycles. The molecule has 5 nitrogen and oxygen atoms in total. The Kier molecular flexibility index (Phi) is 3.56. The van der Waals surface area contributed by atoms with Gasteiger partial charge in [-0.15, -0.1) is 0 Å². The molecule has 1 aromatic heterocycles. The van der Waals surface area contributed by atoms with Crippen molar-refractivity contribution < 1.29 is 4.79 Å². The fourth-order valence-electron chi connectivity index (χ4n) is 1.00. The third kappa shape index (κ3) is 2.26. The van der Waals surface area contributed by atoms with E-state index in [-0.39, 0.29) is 12.5 Å². The van der Waals surface area contributed by atoms with Gasteiger partial charge >= 0.3 is 0 Å². The van der Waals surface area contributed by atoms with Gasteiger partial charge in [0.15, 0.2) is 0 Å². The van der Waals surface area contributed by atoms with Crippen LogP contribution in [0.4, 0.5) is 0 Å². The molecule has 0 saturated heterocycles. The van der Waals surface area contributed by atoms with E-state index in [1.165, 1.54) is 23.6 Å². The predicted molar refractivity (Wildman–Crippen MR) is 49.2 cm³/mol. The molecular weight excluding hydrogens is 180 g/mol. The van der Waals surface area contributed by atoms with Crippen molar-refractivity contribution >= 4 is 5.91 Å². The molecule has 14 heavy (non-hydrogen) atoms. The van der Waals surface area contributed by atoms with E-state index in [4.69, 9.17) is 5.26 Å². The maximum absolute atomic E-state index is 11.7. The minimum atomic E-state index is -0.213. The standard InChI is InChI=1S/C9H10N4O/c1-2-13(4-3-10)9(14)8-5-11-7-12-6-8/h5-7H,2,4H2,1H3. The molecule has 1 aromatic rings. The van der Waals surface area contributed by atoms with Gasteiger partial charge in [-0.25, -0.2) is 9.97 Å². The second kappa shape index (κ2) is 4.92. The van der Waals surface area contributed by atoms with Crippen LogP contribution in [0, 0.1) is 11.3 Å². The van der Waals surface area contributed by atoms with E-state index in [9.17, 15) is 4.79 Å². The zero-order chi connectivity index (χ0) is 10.4. The summed E-state index contributed by atoms with van der Waals surface area (Å²) < 4.78 is 0. The molecule has 0 aromatic carbocycles. The molecule has 0 fully saturated rings. The van der Waals surface area contributed by atoms with E-state index < -0.39 is 0 Å². The lowest BCUT2D eigenvalue weighted by Crippen LogP contribution is -2.31. The topological polar surface area (TPSA) is 69.9 Å². The summed E-state index contributed by atoms with van der Waals surface area (Å²) in [6.45, 7) is 2.41.